The average molecular weight is 279 g/mol. The van der Waals surface area contributed by atoms with Crippen LogP contribution in [0.3, 0.4) is 0 Å². The standard InChI is InChI=1S/C12H13N3O3S/c1-8-14-9(7-19-8)5-13-11(16)6-15-4-2-3-10(15)12(17)18/h2-4,7H,5-6H2,1H3,(H,13,16)(H,17,18). The second kappa shape index (κ2) is 5.66. The van der Waals surface area contributed by atoms with Gasteiger partial charge < -0.3 is 15.0 Å². The number of aromatic nitrogens is 2. The molecule has 2 N–H and O–H groups in total. The Labute approximate surface area is 113 Å². The van der Waals surface area contributed by atoms with Crippen LogP contribution >= 0.6 is 11.3 Å². The van der Waals surface area contributed by atoms with Gasteiger partial charge in [-0.3, -0.25) is 4.79 Å². The summed E-state index contributed by atoms with van der Waals surface area (Å²) in [6.45, 7) is 2.24. The van der Waals surface area contributed by atoms with E-state index in [0.29, 0.717) is 6.54 Å². The number of hydrogen-bond donors (Lipinski definition) is 2. The summed E-state index contributed by atoms with van der Waals surface area (Å²) in [5.74, 6) is -1.29. The highest BCUT2D eigenvalue weighted by Crippen LogP contribution is 2.07. The number of amides is 1. The summed E-state index contributed by atoms with van der Waals surface area (Å²) >= 11 is 1.52. The molecule has 0 aliphatic carbocycles. The van der Waals surface area contributed by atoms with Gasteiger partial charge in [0, 0.05) is 11.6 Å². The molecule has 0 bridgehead atoms. The van der Waals surface area contributed by atoms with E-state index in [1.165, 1.54) is 22.0 Å². The van der Waals surface area contributed by atoms with Gasteiger partial charge in [0.2, 0.25) is 5.91 Å². The van der Waals surface area contributed by atoms with Crippen molar-refractivity contribution in [2.24, 2.45) is 0 Å². The Morgan fingerprint density at radius 3 is 2.95 bits per heavy atom. The number of carboxylic acid groups (broad SMARTS) is 1. The zero-order valence-corrected chi connectivity index (χ0v) is 11.1. The molecule has 0 unspecified atom stereocenters. The van der Waals surface area contributed by atoms with Crippen LogP contribution in [0, 0.1) is 6.92 Å². The molecule has 0 saturated carbocycles. The molecule has 19 heavy (non-hydrogen) atoms. The molecule has 0 aliphatic rings. The maximum atomic E-state index is 11.7. The quantitative estimate of drug-likeness (QED) is 0.863. The van der Waals surface area contributed by atoms with E-state index in [1.807, 2.05) is 12.3 Å². The van der Waals surface area contributed by atoms with Gasteiger partial charge in [-0.2, -0.15) is 0 Å². The van der Waals surface area contributed by atoms with Crippen molar-refractivity contribution in [2.45, 2.75) is 20.0 Å². The van der Waals surface area contributed by atoms with E-state index in [2.05, 4.69) is 10.3 Å². The van der Waals surface area contributed by atoms with Crippen molar-refractivity contribution in [1.29, 1.82) is 0 Å². The third kappa shape index (κ3) is 3.41. The van der Waals surface area contributed by atoms with E-state index in [1.54, 1.807) is 12.3 Å². The third-order valence-electron chi connectivity index (χ3n) is 2.50. The second-order valence-electron chi connectivity index (χ2n) is 3.96. The summed E-state index contributed by atoms with van der Waals surface area (Å²) in [4.78, 5) is 26.8. The molecule has 0 aromatic carbocycles. The number of aromatic carboxylic acids is 1. The lowest BCUT2D eigenvalue weighted by Crippen LogP contribution is -2.28. The van der Waals surface area contributed by atoms with E-state index >= 15 is 0 Å². The Morgan fingerprint density at radius 2 is 2.32 bits per heavy atom. The summed E-state index contributed by atoms with van der Waals surface area (Å²) in [5, 5.41) is 14.5. The first-order valence-electron chi connectivity index (χ1n) is 5.62. The van der Waals surface area contributed by atoms with Gasteiger partial charge in [-0.05, 0) is 19.1 Å². The minimum Gasteiger partial charge on any atom is -0.477 e. The van der Waals surface area contributed by atoms with Gasteiger partial charge in [0.05, 0.1) is 17.2 Å². The highest BCUT2D eigenvalue weighted by atomic mass is 32.1. The number of aryl methyl sites for hydroxylation is 1. The first kappa shape index (κ1) is 13.3. The largest absolute Gasteiger partial charge is 0.477 e. The maximum Gasteiger partial charge on any atom is 0.352 e. The van der Waals surface area contributed by atoms with Crippen molar-refractivity contribution in [3.05, 3.63) is 40.1 Å². The molecule has 0 fully saturated rings. The van der Waals surface area contributed by atoms with E-state index in [4.69, 9.17) is 5.11 Å². The number of nitrogens with one attached hydrogen (secondary N) is 1. The Bertz CT molecular complexity index is 603. The lowest BCUT2D eigenvalue weighted by molar-refractivity contribution is -0.121. The van der Waals surface area contributed by atoms with Crippen molar-refractivity contribution in [2.75, 3.05) is 0 Å². The molecule has 0 spiro atoms. The van der Waals surface area contributed by atoms with Crippen molar-refractivity contribution in [3.8, 4) is 0 Å². The molecule has 2 aromatic rings. The van der Waals surface area contributed by atoms with Gasteiger partial charge in [0.1, 0.15) is 12.2 Å². The number of rotatable bonds is 5. The molecule has 0 atom stereocenters. The molecule has 0 radical (unpaired) electrons. The van der Waals surface area contributed by atoms with E-state index < -0.39 is 5.97 Å². The van der Waals surface area contributed by atoms with E-state index in [-0.39, 0.29) is 18.1 Å². The van der Waals surface area contributed by atoms with Crippen LogP contribution in [0.4, 0.5) is 0 Å². The summed E-state index contributed by atoms with van der Waals surface area (Å²) in [6.07, 6.45) is 1.57. The van der Waals surface area contributed by atoms with Gasteiger partial charge in [0.15, 0.2) is 0 Å². The fraction of sp³-hybridized carbons (Fsp3) is 0.250. The lowest BCUT2D eigenvalue weighted by Gasteiger charge is -2.06. The van der Waals surface area contributed by atoms with Gasteiger partial charge >= 0.3 is 5.97 Å². The average Bonchev–Trinajstić information content (AvgIpc) is 2.95. The van der Waals surface area contributed by atoms with Crippen LogP contribution in [-0.4, -0.2) is 26.5 Å². The molecule has 0 saturated heterocycles. The number of carbonyl (C=O) groups excluding carboxylic acids is 1. The summed E-state index contributed by atoms with van der Waals surface area (Å²) in [7, 11) is 0. The van der Waals surface area contributed by atoms with Gasteiger partial charge in [-0.1, -0.05) is 0 Å². The van der Waals surface area contributed by atoms with E-state index in [9.17, 15) is 9.59 Å². The molecule has 2 aromatic heterocycles. The molecular formula is C12H13N3O3S. The number of hydrogen-bond acceptors (Lipinski definition) is 4. The third-order valence-corrected chi connectivity index (χ3v) is 3.32. The van der Waals surface area contributed by atoms with Crippen LogP contribution in [0.2, 0.25) is 0 Å². The SMILES string of the molecule is Cc1nc(CNC(=O)Cn2cccc2C(=O)O)cs1. The smallest absolute Gasteiger partial charge is 0.352 e. The van der Waals surface area contributed by atoms with Gasteiger partial charge in [-0.25, -0.2) is 9.78 Å². The minimum atomic E-state index is -1.05. The molecule has 100 valence electrons. The maximum absolute atomic E-state index is 11.7. The Balaban J connectivity index is 1.90. The highest BCUT2D eigenvalue weighted by Gasteiger charge is 2.11. The van der Waals surface area contributed by atoms with Gasteiger partial charge in [0.25, 0.3) is 0 Å². The molecule has 7 heteroatoms. The number of carboxylic acids is 1. The van der Waals surface area contributed by atoms with Crippen LogP contribution in [0.1, 0.15) is 21.2 Å². The van der Waals surface area contributed by atoms with Crippen molar-refractivity contribution >= 4 is 23.2 Å². The minimum absolute atomic E-state index is 0.0161. The Hall–Kier alpha value is -2.15. The zero-order valence-electron chi connectivity index (χ0n) is 10.3. The van der Waals surface area contributed by atoms with Crippen LogP contribution in [0.25, 0.3) is 0 Å². The summed E-state index contributed by atoms with van der Waals surface area (Å²) in [6, 6.07) is 3.06. The monoisotopic (exact) mass is 279 g/mol. The first-order chi connectivity index (χ1) is 9.06. The Morgan fingerprint density at radius 1 is 1.53 bits per heavy atom. The van der Waals surface area contributed by atoms with Crippen LogP contribution in [0.5, 0.6) is 0 Å². The molecule has 6 nitrogen and oxygen atoms in total. The summed E-state index contributed by atoms with van der Waals surface area (Å²) in [5.41, 5.74) is 0.904. The van der Waals surface area contributed by atoms with Gasteiger partial charge in [-0.15, -0.1) is 11.3 Å². The molecular weight excluding hydrogens is 266 g/mol. The fourth-order valence-corrected chi connectivity index (χ4v) is 2.25. The van der Waals surface area contributed by atoms with E-state index in [0.717, 1.165) is 10.7 Å². The normalized spacial score (nSPS) is 10.4. The van der Waals surface area contributed by atoms with Crippen molar-refractivity contribution in [1.82, 2.24) is 14.9 Å². The van der Waals surface area contributed by atoms with Crippen LogP contribution in [-0.2, 0) is 17.9 Å². The predicted molar refractivity (Wildman–Crippen MR) is 70.1 cm³/mol. The predicted octanol–water partition coefficient (Wildman–Crippen LogP) is 1.27. The number of carbonyl (C=O) groups is 2. The molecule has 2 rings (SSSR count). The zero-order chi connectivity index (χ0) is 13.8. The van der Waals surface area contributed by atoms with Crippen LogP contribution < -0.4 is 5.32 Å². The molecule has 2 heterocycles. The highest BCUT2D eigenvalue weighted by molar-refractivity contribution is 7.09. The lowest BCUT2D eigenvalue weighted by atomic mass is 10.4. The summed E-state index contributed by atoms with van der Waals surface area (Å²) < 4.78 is 1.39. The van der Waals surface area contributed by atoms with Crippen molar-refractivity contribution < 1.29 is 14.7 Å². The molecule has 0 aliphatic heterocycles. The second-order valence-corrected chi connectivity index (χ2v) is 5.02. The number of nitrogens with zero attached hydrogens (tertiary/aromatic N) is 2. The topological polar surface area (TPSA) is 84.2 Å². The Kier molecular flexibility index (Phi) is 3.96. The first-order valence-corrected chi connectivity index (χ1v) is 6.50. The molecule has 1 amide bonds. The van der Waals surface area contributed by atoms with Crippen LogP contribution in [0.15, 0.2) is 23.7 Å². The van der Waals surface area contributed by atoms with Crippen molar-refractivity contribution in [3.63, 3.8) is 0 Å². The fourth-order valence-electron chi connectivity index (χ4n) is 1.64. The number of thiazole rings is 1.